The number of hydrogen-bond acceptors (Lipinski definition) is 6. The third kappa shape index (κ3) is 5.59. The molecule has 0 aliphatic rings. The number of nitrogens with zero attached hydrogens (tertiary/aromatic N) is 2. The molecule has 31 heavy (non-hydrogen) atoms. The van der Waals surface area contributed by atoms with Gasteiger partial charge in [-0.25, -0.2) is 4.98 Å². The fourth-order valence-corrected chi connectivity index (χ4v) is 3.93. The second-order valence-electron chi connectivity index (χ2n) is 7.28. The predicted octanol–water partition coefficient (Wildman–Crippen LogP) is 3.16. The second kappa shape index (κ2) is 10.4. The first-order valence-electron chi connectivity index (χ1n) is 9.96. The van der Waals surface area contributed by atoms with E-state index in [0.717, 1.165) is 0 Å². The Morgan fingerprint density at radius 2 is 1.87 bits per heavy atom. The third-order valence-corrected chi connectivity index (χ3v) is 5.53. The van der Waals surface area contributed by atoms with Gasteiger partial charge in [-0.3, -0.25) is 19.0 Å². The molecule has 0 radical (unpaired) electrons. The number of rotatable bonds is 9. The van der Waals surface area contributed by atoms with E-state index in [2.05, 4.69) is 10.3 Å². The highest BCUT2D eigenvalue weighted by Gasteiger charge is 2.16. The van der Waals surface area contributed by atoms with Crippen LogP contribution in [-0.4, -0.2) is 46.8 Å². The number of methoxy groups -OCH3 is 1. The quantitative estimate of drug-likeness (QED) is 0.313. The SMILES string of the molecule is COCCn1c(SCC(=O)c2ccccc2)nc2cc(C(=O)NC(C)C)ccc2c1=O. The highest BCUT2D eigenvalue weighted by atomic mass is 32.2. The van der Waals surface area contributed by atoms with Gasteiger partial charge in [0, 0.05) is 24.3 Å². The summed E-state index contributed by atoms with van der Waals surface area (Å²) in [6.45, 7) is 4.41. The van der Waals surface area contributed by atoms with Crippen LogP contribution in [0.4, 0.5) is 0 Å². The number of ketones is 1. The van der Waals surface area contributed by atoms with Crippen molar-refractivity contribution in [2.45, 2.75) is 31.6 Å². The van der Waals surface area contributed by atoms with Crippen molar-refractivity contribution in [3.05, 3.63) is 70.0 Å². The summed E-state index contributed by atoms with van der Waals surface area (Å²) in [4.78, 5) is 42.6. The number of amides is 1. The Hall–Kier alpha value is -2.97. The third-order valence-electron chi connectivity index (χ3n) is 4.55. The van der Waals surface area contributed by atoms with Crippen molar-refractivity contribution in [1.29, 1.82) is 0 Å². The zero-order valence-corrected chi connectivity index (χ0v) is 18.6. The fraction of sp³-hybridized carbons (Fsp3) is 0.304. The minimum Gasteiger partial charge on any atom is -0.383 e. The lowest BCUT2D eigenvalue weighted by Crippen LogP contribution is -2.30. The van der Waals surface area contributed by atoms with Crippen LogP contribution in [0, 0.1) is 0 Å². The molecule has 0 aliphatic carbocycles. The maximum Gasteiger partial charge on any atom is 0.262 e. The number of thioether (sulfide) groups is 1. The van der Waals surface area contributed by atoms with Gasteiger partial charge >= 0.3 is 0 Å². The number of Topliss-reactive ketones (excluding diaryl/α,β-unsaturated/α-hetero) is 1. The number of aromatic nitrogens is 2. The van der Waals surface area contributed by atoms with E-state index >= 15 is 0 Å². The van der Waals surface area contributed by atoms with E-state index in [1.54, 1.807) is 37.4 Å². The highest BCUT2D eigenvalue weighted by Crippen LogP contribution is 2.20. The second-order valence-corrected chi connectivity index (χ2v) is 8.22. The Kier molecular flexibility index (Phi) is 7.59. The molecule has 2 aromatic carbocycles. The molecule has 1 N–H and O–H groups in total. The van der Waals surface area contributed by atoms with Crippen LogP contribution in [0.5, 0.6) is 0 Å². The summed E-state index contributed by atoms with van der Waals surface area (Å²) in [5, 5.41) is 3.66. The van der Waals surface area contributed by atoms with E-state index < -0.39 is 0 Å². The first kappa shape index (κ1) is 22.7. The van der Waals surface area contributed by atoms with Gasteiger partial charge in [-0.1, -0.05) is 42.1 Å². The van der Waals surface area contributed by atoms with Crippen molar-refractivity contribution in [2.75, 3.05) is 19.5 Å². The molecule has 3 aromatic rings. The number of carbonyl (C=O) groups is 2. The molecule has 0 fully saturated rings. The van der Waals surface area contributed by atoms with E-state index in [-0.39, 0.29) is 29.0 Å². The van der Waals surface area contributed by atoms with Crippen molar-refractivity contribution < 1.29 is 14.3 Å². The normalized spacial score (nSPS) is 11.1. The van der Waals surface area contributed by atoms with E-state index in [4.69, 9.17) is 4.74 Å². The molecule has 0 atom stereocenters. The molecule has 7 nitrogen and oxygen atoms in total. The summed E-state index contributed by atoms with van der Waals surface area (Å²) in [6.07, 6.45) is 0. The lowest BCUT2D eigenvalue weighted by Gasteiger charge is -2.13. The number of carbonyl (C=O) groups excluding carboxylic acids is 2. The first-order valence-corrected chi connectivity index (χ1v) is 10.9. The Morgan fingerprint density at radius 1 is 1.13 bits per heavy atom. The van der Waals surface area contributed by atoms with Gasteiger partial charge in [0.05, 0.1) is 29.8 Å². The van der Waals surface area contributed by atoms with Crippen LogP contribution in [0.25, 0.3) is 10.9 Å². The standard InChI is InChI=1S/C23H25N3O4S/c1-15(2)24-21(28)17-9-10-18-19(13-17)25-23(26(22(18)29)11-12-30-3)31-14-20(27)16-7-5-4-6-8-16/h4-10,13,15H,11-12,14H2,1-3H3,(H,24,28). The molecule has 0 bridgehead atoms. The first-order chi connectivity index (χ1) is 14.9. The summed E-state index contributed by atoms with van der Waals surface area (Å²) >= 11 is 1.20. The number of nitrogens with one attached hydrogen (secondary N) is 1. The molecule has 3 rings (SSSR count). The zero-order chi connectivity index (χ0) is 22.4. The zero-order valence-electron chi connectivity index (χ0n) is 17.8. The average molecular weight is 440 g/mol. The van der Waals surface area contributed by atoms with Gasteiger partial charge in [0.15, 0.2) is 10.9 Å². The minimum absolute atomic E-state index is 0.00619. The van der Waals surface area contributed by atoms with Crippen molar-refractivity contribution in [2.24, 2.45) is 0 Å². The van der Waals surface area contributed by atoms with Crippen LogP contribution in [0.2, 0.25) is 0 Å². The van der Waals surface area contributed by atoms with E-state index in [9.17, 15) is 14.4 Å². The molecule has 0 aliphatic heterocycles. The lowest BCUT2D eigenvalue weighted by atomic mass is 10.1. The maximum absolute atomic E-state index is 13.1. The lowest BCUT2D eigenvalue weighted by molar-refractivity contribution is 0.0942. The molecule has 0 unspecified atom stereocenters. The van der Waals surface area contributed by atoms with Gasteiger partial charge in [-0.2, -0.15) is 0 Å². The van der Waals surface area contributed by atoms with Gasteiger partial charge in [0.25, 0.3) is 11.5 Å². The van der Waals surface area contributed by atoms with Crippen LogP contribution in [0.3, 0.4) is 0 Å². The molecule has 1 aromatic heterocycles. The largest absolute Gasteiger partial charge is 0.383 e. The van der Waals surface area contributed by atoms with Gasteiger partial charge in [-0.05, 0) is 32.0 Å². The molecular weight excluding hydrogens is 414 g/mol. The molecular formula is C23H25N3O4S. The van der Waals surface area contributed by atoms with Crippen LogP contribution in [0.15, 0.2) is 58.5 Å². The number of hydrogen-bond donors (Lipinski definition) is 1. The highest BCUT2D eigenvalue weighted by molar-refractivity contribution is 7.99. The summed E-state index contributed by atoms with van der Waals surface area (Å²) in [6, 6.07) is 13.8. The van der Waals surface area contributed by atoms with Gasteiger partial charge < -0.3 is 10.1 Å². The Labute approximate surface area is 184 Å². The number of fused-ring (bicyclic) bond motifs is 1. The fourth-order valence-electron chi connectivity index (χ4n) is 3.01. The Morgan fingerprint density at radius 3 is 2.55 bits per heavy atom. The van der Waals surface area contributed by atoms with Gasteiger partial charge in [0.1, 0.15) is 0 Å². The van der Waals surface area contributed by atoms with E-state index in [1.165, 1.54) is 16.3 Å². The molecule has 1 amide bonds. The van der Waals surface area contributed by atoms with Crippen LogP contribution < -0.4 is 10.9 Å². The molecule has 162 valence electrons. The maximum atomic E-state index is 13.1. The number of benzene rings is 2. The van der Waals surface area contributed by atoms with Gasteiger partial charge in [-0.15, -0.1) is 0 Å². The molecule has 8 heteroatoms. The van der Waals surface area contributed by atoms with Crippen molar-refractivity contribution in [3.63, 3.8) is 0 Å². The summed E-state index contributed by atoms with van der Waals surface area (Å²) in [5.41, 5.74) is 1.23. The van der Waals surface area contributed by atoms with Crippen LogP contribution >= 0.6 is 11.8 Å². The smallest absolute Gasteiger partial charge is 0.262 e. The van der Waals surface area contributed by atoms with E-state index in [1.807, 2.05) is 32.0 Å². The Bertz CT molecular complexity index is 1140. The summed E-state index contributed by atoms with van der Waals surface area (Å²) in [7, 11) is 1.56. The molecule has 0 spiro atoms. The average Bonchev–Trinajstić information content (AvgIpc) is 2.76. The Balaban J connectivity index is 1.97. The monoisotopic (exact) mass is 439 g/mol. The van der Waals surface area contributed by atoms with Crippen molar-refractivity contribution >= 4 is 34.4 Å². The number of ether oxygens (including phenoxy) is 1. The predicted molar refractivity (Wildman–Crippen MR) is 122 cm³/mol. The molecule has 0 saturated heterocycles. The van der Waals surface area contributed by atoms with Crippen LogP contribution in [0.1, 0.15) is 34.6 Å². The minimum atomic E-state index is -0.229. The van der Waals surface area contributed by atoms with Crippen molar-refractivity contribution in [3.8, 4) is 0 Å². The van der Waals surface area contributed by atoms with E-state index in [0.29, 0.717) is 40.3 Å². The molecule has 0 saturated carbocycles. The van der Waals surface area contributed by atoms with Crippen LogP contribution in [-0.2, 0) is 11.3 Å². The topological polar surface area (TPSA) is 90.3 Å². The molecule has 1 heterocycles. The summed E-state index contributed by atoms with van der Waals surface area (Å²) < 4.78 is 6.65. The van der Waals surface area contributed by atoms with Crippen molar-refractivity contribution in [1.82, 2.24) is 14.9 Å². The summed E-state index contributed by atoms with van der Waals surface area (Å²) in [5.74, 6) is -0.137. The van der Waals surface area contributed by atoms with Gasteiger partial charge in [0.2, 0.25) is 0 Å².